The normalized spacial score (nSPS) is 14.8. The molecule has 5 heteroatoms. The molecule has 0 aliphatic rings. The van der Waals surface area contributed by atoms with Gasteiger partial charge in [-0.25, -0.2) is 4.98 Å². The van der Waals surface area contributed by atoms with Crippen molar-refractivity contribution in [2.75, 3.05) is 6.61 Å². The summed E-state index contributed by atoms with van der Waals surface area (Å²) in [6.07, 6.45) is 0.865. The third-order valence-electron chi connectivity index (χ3n) is 2.94. The minimum atomic E-state index is 0.0759. The van der Waals surface area contributed by atoms with Gasteiger partial charge >= 0.3 is 0 Å². The second kappa shape index (κ2) is 6.24. The fourth-order valence-electron chi connectivity index (χ4n) is 1.93. The Hall–Kier alpha value is -1.01. The molecule has 0 aliphatic carbocycles. The van der Waals surface area contributed by atoms with Crippen LogP contribution in [0.3, 0.4) is 0 Å². The van der Waals surface area contributed by atoms with E-state index in [1.54, 1.807) is 11.3 Å². The Morgan fingerprint density at radius 2 is 2.22 bits per heavy atom. The lowest BCUT2D eigenvalue weighted by Gasteiger charge is -2.21. The van der Waals surface area contributed by atoms with Gasteiger partial charge < -0.3 is 4.74 Å². The van der Waals surface area contributed by atoms with E-state index in [9.17, 15) is 0 Å². The van der Waals surface area contributed by atoms with Gasteiger partial charge in [-0.15, -0.1) is 11.3 Å². The lowest BCUT2D eigenvalue weighted by molar-refractivity contribution is 0.0476. The highest BCUT2D eigenvalue weighted by molar-refractivity contribution is 7.18. The van der Waals surface area contributed by atoms with Gasteiger partial charge in [0.2, 0.25) is 0 Å². The maximum absolute atomic E-state index is 5.59. The van der Waals surface area contributed by atoms with E-state index in [0.29, 0.717) is 6.61 Å². The highest BCUT2D eigenvalue weighted by Gasteiger charge is 2.18. The first-order valence-electron chi connectivity index (χ1n) is 6.16. The zero-order valence-electron chi connectivity index (χ0n) is 10.7. The second-order valence-electron chi connectivity index (χ2n) is 4.21. The zero-order chi connectivity index (χ0) is 13.0. The third-order valence-corrected chi connectivity index (χ3v) is 4.00. The molecule has 0 bridgehead atoms. The lowest BCUT2D eigenvalue weighted by atomic mass is 10.1. The standard InChI is InChI=1S/C13H19N3OS/c1-3-17-9(2)11(16-14)8-13-15-10-6-4-5-7-12(10)18-13/h4-7,9,11,16H,3,8,14H2,1-2H3. The fraction of sp³-hybridized carbons (Fsp3) is 0.462. The number of fused-ring (bicyclic) bond motifs is 1. The van der Waals surface area contributed by atoms with Crippen LogP contribution in [0.4, 0.5) is 0 Å². The Kier molecular flexibility index (Phi) is 4.66. The number of thiazole rings is 1. The van der Waals surface area contributed by atoms with Crippen LogP contribution in [0.1, 0.15) is 18.9 Å². The van der Waals surface area contributed by atoms with E-state index in [-0.39, 0.29) is 12.1 Å². The number of benzene rings is 1. The Labute approximate surface area is 111 Å². The lowest BCUT2D eigenvalue weighted by Crippen LogP contribution is -2.45. The molecular weight excluding hydrogens is 246 g/mol. The number of aromatic nitrogens is 1. The maximum Gasteiger partial charge on any atom is 0.0955 e. The van der Waals surface area contributed by atoms with Crippen molar-refractivity contribution in [2.45, 2.75) is 32.4 Å². The average molecular weight is 265 g/mol. The van der Waals surface area contributed by atoms with Gasteiger partial charge in [0.25, 0.3) is 0 Å². The number of para-hydroxylation sites is 1. The van der Waals surface area contributed by atoms with Crippen LogP contribution in [0.15, 0.2) is 24.3 Å². The molecule has 0 radical (unpaired) electrons. The van der Waals surface area contributed by atoms with Crippen LogP contribution in [-0.4, -0.2) is 23.7 Å². The van der Waals surface area contributed by atoms with Crippen LogP contribution in [0.5, 0.6) is 0 Å². The van der Waals surface area contributed by atoms with Crippen LogP contribution in [0.25, 0.3) is 10.2 Å². The van der Waals surface area contributed by atoms with E-state index < -0.39 is 0 Å². The molecule has 0 spiro atoms. The first-order valence-corrected chi connectivity index (χ1v) is 6.98. The zero-order valence-corrected chi connectivity index (χ0v) is 11.5. The van der Waals surface area contributed by atoms with Crippen molar-refractivity contribution in [1.82, 2.24) is 10.4 Å². The number of rotatable bonds is 6. The molecule has 0 aliphatic heterocycles. The van der Waals surface area contributed by atoms with E-state index in [1.165, 1.54) is 4.70 Å². The van der Waals surface area contributed by atoms with E-state index in [4.69, 9.17) is 10.6 Å². The first-order chi connectivity index (χ1) is 8.74. The van der Waals surface area contributed by atoms with Crippen LogP contribution < -0.4 is 11.3 Å². The number of hydrogen-bond acceptors (Lipinski definition) is 5. The molecule has 3 N–H and O–H groups in total. The molecule has 1 heterocycles. The van der Waals surface area contributed by atoms with E-state index in [2.05, 4.69) is 16.5 Å². The second-order valence-corrected chi connectivity index (χ2v) is 5.33. The highest BCUT2D eigenvalue weighted by atomic mass is 32.1. The summed E-state index contributed by atoms with van der Waals surface area (Å²) >= 11 is 1.71. The fourth-order valence-corrected chi connectivity index (χ4v) is 2.96. The monoisotopic (exact) mass is 265 g/mol. The van der Waals surface area contributed by atoms with E-state index in [1.807, 2.05) is 32.0 Å². The Bertz CT molecular complexity index is 467. The molecule has 0 saturated heterocycles. The molecule has 2 atom stereocenters. The van der Waals surface area contributed by atoms with Crippen molar-refractivity contribution in [2.24, 2.45) is 5.84 Å². The summed E-state index contributed by atoms with van der Waals surface area (Å²) in [7, 11) is 0. The quantitative estimate of drug-likeness (QED) is 0.620. The molecule has 18 heavy (non-hydrogen) atoms. The molecule has 0 amide bonds. The molecule has 1 aromatic carbocycles. The van der Waals surface area contributed by atoms with Gasteiger partial charge in [-0.2, -0.15) is 0 Å². The number of ether oxygens (including phenoxy) is 1. The summed E-state index contributed by atoms with van der Waals surface area (Å²) in [5, 5.41) is 1.09. The molecule has 2 unspecified atom stereocenters. The smallest absolute Gasteiger partial charge is 0.0955 e. The van der Waals surface area contributed by atoms with Crippen molar-refractivity contribution in [3.8, 4) is 0 Å². The summed E-state index contributed by atoms with van der Waals surface area (Å²) in [6.45, 7) is 4.71. The Balaban J connectivity index is 2.11. The van der Waals surface area contributed by atoms with E-state index >= 15 is 0 Å². The van der Waals surface area contributed by atoms with E-state index in [0.717, 1.165) is 16.9 Å². The van der Waals surface area contributed by atoms with Crippen molar-refractivity contribution in [1.29, 1.82) is 0 Å². The summed E-state index contributed by atoms with van der Waals surface area (Å²) in [6, 6.07) is 8.25. The molecule has 2 aromatic rings. The van der Waals surface area contributed by atoms with Crippen LogP contribution >= 0.6 is 11.3 Å². The Morgan fingerprint density at radius 1 is 1.44 bits per heavy atom. The molecule has 0 saturated carbocycles. The number of nitrogens with zero attached hydrogens (tertiary/aromatic N) is 1. The van der Waals surface area contributed by atoms with Crippen LogP contribution in [0.2, 0.25) is 0 Å². The Morgan fingerprint density at radius 3 is 2.89 bits per heavy atom. The van der Waals surface area contributed by atoms with Crippen LogP contribution in [-0.2, 0) is 11.2 Å². The average Bonchev–Trinajstić information content (AvgIpc) is 2.78. The highest BCUT2D eigenvalue weighted by Crippen LogP contribution is 2.23. The number of nitrogens with two attached hydrogens (primary N) is 1. The summed E-state index contributed by atoms with van der Waals surface area (Å²) in [5.41, 5.74) is 3.87. The molecular formula is C13H19N3OS. The molecule has 4 nitrogen and oxygen atoms in total. The van der Waals surface area contributed by atoms with Gasteiger partial charge in [0.05, 0.1) is 27.4 Å². The van der Waals surface area contributed by atoms with Gasteiger partial charge in [-0.1, -0.05) is 12.1 Å². The van der Waals surface area contributed by atoms with Crippen molar-refractivity contribution in [3.05, 3.63) is 29.3 Å². The van der Waals surface area contributed by atoms with Gasteiger partial charge in [0.1, 0.15) is 0 Å². The molecule has 98 valence electrons. The van der Waals surface area contributed by atoms with Crippen LogP contribution in [0, 0.1) is 0 Å². The van der Waals surface area contributed by atoms with Gasteiger partial charge in [0, 0.05) is 13.0 Å². The predicted octanol–water partition coefficient (Wildman–Crippen LogP) is 2.10. The maximum atomic E-state index is 5.59. The van der Waals surface area contributed by atoms with Crippen molar-refractivity contribution in [3.63, 3.8) is 0 Å². The summed E-state index contributed by atoms with van der Waals surface area (Å²) < 4.78 is 6.79. The largest absolute Gasteiger partial charge is 0.377 e. The predicted molar refractivity (Wildman–Crippen MR) is 75.5 cm³/mol. The molecule has 0 fully saturated rings. The number of hydrazine groups is 1. The minimum Gasteiger partial charge on any atom is -0.377 e. The third kappa shape index (κ3) is 3.05. The van der Waals surface area contributed by atoms with Crippen molar-refractivity contribution >= 4 is 21.6 Å². The molecule has 2 rings (SSSR count). The first kappa shape index (κ1) is 13.4. The minimum absolute atomic E-state index is 0.0759. The summed E-state index contributed by atoms with van der Waals surface area (Å²) in [5.74, 6) is 5.59. The number of nitrogens with one attached hydrogen (secondary N) is 1. The molecule has 1 aromatic heterocycles. The van der Waals surface area contributed by atoms with Gasteiger partial charge in [-0.3, -0.25) is 11.3 Å². The van der Waals surface area contributed by atoms with Gasteiger partial charge in [0.15, 0.2) is 0 Å². The SMILES string of the molecule is CCOC(C)C(Cc1nc2ccccc2s1)NN. The summed E-state index contributed by atoms with van der Waals surface area (Å²) in [4.78, 5) is 4.61. The topological polar surface area (TPSA) is 60.2 Å². The number of hydrogen-bond donors (Lipinski definition) is 2. The van der Waals surface area contributed by atoms with Gasteiger partial charge in [-0.05, 0) is 26.0 Å². The van der Waals surface area contributed by atoms with Crippen molar-refractivity contribution < 1.29 is 4.74 Å².